The van der Waals surface area contributed by atoms with Crippen LogP contribution in [0.2, 0.25) is 0 Å². The number of amides is 1. The second kappa shape index (κ2) is 15.9. The molecule has 0 saturated carbocycles. The number of esters is 1. The number of anilines is 4. The van der Waals surface area contributed by atoms with Crippen molar-refractivity contribution < 1.29 is 38.9 Å². The van der Waals surface area contributed by atoms with Gasteiger partial charge in [-0.05, 0) is 17.5 Å². The van der Waals surface area contributed by atoms with Crippen LogP contribution in [-0.2, 0) is 37.1 Å². The van der Waals surface area contributed by atoms with Gasteiger partial charge in [0.05, 0.1) is 12.7 Å². The number of nitrogens with zero attached hydrogens (tertiary/aromatic N) is 8. The predicted molar refractivity (Wildman–Crippen MR) is 184 cm³/mol. The highest BCUT2D eigenvalue weighted by atomic mass is 16.5. The molecule has 20 heteroatoms. The summed E-state index contributed by atoms with van der Waals surface area (Å²) < 4.78 is 12.7. The standard InChI is InChI=1S/C17H18N6O4.C15H14N6O4/c1-2-11(15(24)25)23-9-19-12-13(20-16(18)22-14(12)23)21-17(26)27-8-10-6-4-3-5-7-10;16-11-9-12(20-15(17)19-11)21(7-18-9)10(13(22)23)14(24)25-6-8-4-2-1-3-5-8/h3-7,9,11H,2,8H2,1H3,(H,24,25)(H3,18,20,21,22,26);1-5,7,10H,6H2,(H,22,23)(H4,16,17,19,20). The summed E-state index contributed by atoms with van der Waals surface area (Å²) in [5.41, 5.74) is 19.1. The van der Waals surface area contributed by atoms with E-state index >= 15 is 0 Å². The SMILES string of the molecule is CCC(C(=O)O)n1cnc2c(NC(=O)OCc3ccccc3)nc(N)nc21.Nc1nc(N)c2ncn(C(C(=O)O)C(=O)OCc3ccccc3)c2n1. The fourth-order valence-electron chi connectivity index (χ4n) is 4.88. The van der Waals surface area contributed by atoms with E-state index in [4.69, 9.17) is 26.7 Å². The Morgan fingerprint density at radius 1 is 0.731 bits per heavy atom. The Labute approximate surface area is 293 Å². The van der Waals surface area contributed by atoms with E-state index in [1.165, 1.54) is 10.9 Å². The summed E-state index contributed by atoms with van der Waals surface area (Å²) in [6, 6.07) is 15.5. The van der Waals surface area contributed by atoms with Gasteiger partial charge in [0.2, 0.25) is 17.9 Å². The average Bonchev–Trinajstić information content (AvgIpc) is 3.72. The number of imidazole rings is 2. The molecule has 1 amide bonds. The molecule has 2 atom stereocenters. The minimum Gasteiger partial charge on any atom is -0.480 e. The number of carboxylic acid groups (broad SMARTS) is 2. The number of benzene rings is 2. The number of nitrogens with two attached hydrogens (primary N) is 3. The van der Waals surface area contributed by atoms with Crippen LogP contribution in [0, 0.1) is 0 Å². The molecule has 0 aliphatic heterocycles. The molecule has 0 aliphatic carbocycles. The summed E-state index contributed by atoms with van der Waals surface area (Å²) in [5, 5.41) is 21.3. The Kier molecular flexibility index (Phi) is 11.0. The van der Waals surface area contributed by atoms with Crippen molar-refractivity contribution in [1.82, 2.24) is 39.0 Å². The highest BCUT2D eigenvalue weighted by Gasteiger charge is 2.32. The Morgan fingerprint density at radius 3 is 1.85 bits per heavy atom. The molecule has 0 aliphatic rings. The van der Waals surface area contributed by atoms with Crippen LogP contribution >= 0.6 is 0 Å². The Bertz CT molecular complexity index is 2230. The fourth-order valence-corrected chi connectivity index (χ4v) is 4.88. The van der Waals surface area contributed by atoms with Crippen LogP contribution in [-0.4, -0.2) is 73.3 Å². The molecule has 9 N–H and O–H groups in total. The molecule has 0 fully saturated rings. The zero-order valence-electron chi connectivity index (χ0n) is 27.4. The van der Waals surface area contributed by atoms with Crippen molar-refractivity contribution in [3.8, 4) is 0 Å². The average molecular weight is 713 g/mol. The number of carboxylic acids is 2. The third-order valence-electron chi connectivity index (χ3n) is 7.30. The van der Waals surface area contributed by atoms with Gasteiger partial charge in [-0.3, -0.25) is 9.88 Å². The first kappa shape index (κ1) is 35.9. The number of fused-ring (bicyclic) bond motifs is 2. The number of hydrogen-bond acceptors (Lipinski definition) is 15. The minimum atomic E-state index is -1.68. The number of carbonyl (C=O) groups excluding carboxylic acids is 2. The Morgan fingerprint density at radius 2 is 1.27 bits per heavy atom. The van der Waals surface area contributed by atoms with Crippen LogP contribution in [0.25, 0.3) is 22.3 Å². The van der Waals surface area contributed by atoms with Crippen molar-refractivity contribution in [2.24, 2.45) is 0 Å². The van der Waals surface area contributed by atoms with E-state index in [-0.39, 0.29) is 59.1 Å². The molecule has 4 heterocycles. The van der Waals surface area contributed by atoms with Gasteiger partial charge in [0, 0.05) is 0 Å². The smallest absolute Gasteiger partial charge is 0.413 e. The molecule has 6 rings (SSSR count). The number of nitrogens with one attached hydrogen (secondary N) is 1. The molecule has 2 unspecified atom stereocenters. The van der Waals surface area contributed by atoms with Gasteiger partial charge in [-0.25, -0.2) is 29.1 Å². The number of rotatable bonds is 11. The normalized spacial score (nSPS) is 11.9. The van der Waals surface area contributed by atoms with Crippen molar-refractivity contribution in [3.63, 3.8) is 0 Å². The lowest BCUT2D eigenvalue weighted by molar-refractivity contribution is -0.158. The summed E-state index contributed by atoms with van der Waals surface area (Å²) in [6.45, 7) is 1.76. The largest absolute Gasteiger partial charge is 0.480 e. The summed E-state index contributed by atoms with van der Waals surface area (Å²) in [6.07, 6.45) is 2.06. The van der Waals surface area contributed by atoms with Crippen molar-refractivity contribution in [2.75, 3.05) is 22.5 Å². The van der Waals surface area contributed by atoms with E-state index in [2.05, 4.69) is 35.2 Å². The van der Waals surface area contributed by atoms with Crippen LogP contribution in [0.4, 0.5) is 28.3 Å². The Balaban J connectivity index is 0.000000202. The van der Waals surface area contributed by atoms with Crippen LogP contribution in [0.3, 0.4) is 0 Å². The van der Waals surface area contributed by atoms with Crippen LogP contribution in [0.5, 0.6) is 0 Å². The lowest BCUT2D eigenvalue weighted by Gasteiger charge is -2.14. The van der Waals surface area contributed by atoms with E-state index in [9.17, 15) is 29.4 Å². The van der Waals surface area contributed by atoms with Crippen molar-refractivity contribution in [3.05, 3.63) is 84.4 Å². The zero-order valence-corrected chi connectivity index (χ0v) is 27.4. The molecule has 0 saturated heterocycles. The molecule has 6 aromatic rings. The van der Waals surface area contributed by atoms with Gasteiger partial charge in [-0.15, -0.1) is 0 Å². The second-order valence-corrected chi connectivity index (χ2v) is 10.8. The van der Waals surface area contributed by atoms with Gasteiger partial charge < -0.3 is 41.5 Å². The highest BCUT2D eigenvalue weighted by Crippen LogP contribution is 2.25. The van der Waals surface area contributed by atoms with Crippen molar-refractivity contribution in [2.45, 2.75) is 38.6 Å². The van der Waals surface area contributed by atoms with Gasteiger partial charge in [0.25, 0.3) is 0 Å². The van der Waals surface area contributed by atoms with Crippen LogP contribution in [0.15, 0.2) is 73.3 Å². The first-order valence-corrected chi connectivity index (χ1v) is 15.4. The first-order chi connectivity index (χ1) is 25.0. The Hall–Kier alpha value is -7.38. The lowest BCUT2D eigenvalue weighted by Crippen LogP contribution is -2.29. The second-order valence-electron chi connectivity index (χ2n) is 10.8. The third-order valence-corrected chi connectivity index (χ3v) is 7.30. The number of nitrogen functional groups attached to an aromatic ring is 3. The maximum absolute atomic E-state index is 12.3. The van der Waals surface area contributed by atoms with Gasteiger partial charge in [-0.1, -0.05) is 67.6 Å². The molecule has 268 valence electrons. The van der Waals surface area contributed by atoms with Gasteiger partial charge in [0.15, 0.2) is 28.4 Å². The van der Waals surface area contributed by atoms with E-state index in [1.54, 1.807) is 31.2 Å². The number of carbonyl (C=O) groups is 4. The summed E-state index contributed by atoms with van der Waals surface area (Å²) in [5.74, 6) is -3.65. The maximum atomic E-state index is 12.3. The predicted octanol–water partition coefficient (Wildman–Crippen LogP) is 2.55. The molecule has 20 nitrogen and oxygen atoms in total. The fraction of sp³-hybridized carbons (Fsp3) is 0.188. The molecular formula is C32H32N12O8. The summed E-state index contributed by atoms with van der Waals surface area (Å²) in [7, 11) is 0. The number of aromatic nitrogens is 8. The van der Waals surface area contributed by atoms with E-state index in [0.29, 0.717) is 6.42 Å². The monoisotopic (exact) mass is 712 g/mol. The summed E-state index contributed by atoms with van der Waals surface area (Å²) in [4.78, 5) is 71.2. The first-order valence-electron chi connectivity index (χ1n) is 15.4. The van der Waals surface area contributed by atoms with Crippen LogP contribution in [0.1, 0.15) is 36.6 Å². The molecule has 0 bridgehead atoms. The topological polar surface area (TPSA) is 304 Å². The maximum Gasteiger partial charge on any atom is 0.413 e. The van der Waals surface area contributed by atoms with Crippen molar-refractivity contribution >= 4 is 69.9 Å². The van der Waals surface area contributed by atoms with E-state index < -0.39 is 36.1 Å². The highest BCUT2D eigenvalue weighted by molar-refractivity contribution is 5.98. The quantitative estimate of drug-likeness (QED) is 0.0830. The minimum absolute atomic E-state index is 0.0111. The number of ether oxygens (including phenoxy) is 2. The summed E-state index contributed by atoms with van der Waals surface area (Å²) >= 11 is 0. The van der Waals surface area contributed by atoms with Gasteiger partial charge in [-0.2, -0.15) is 19.9 Å². The third kappa shape index (κ3) is 8.25. The molecule has 0 spiro atoms. The lowest BCUT2D eigenvalue weighted by atomic mass is 10.2. The zero-order chi connectivity index (χ0) is 37.4. The number of aliphatic carboxylic acids is 2. The van der Waals surface area contributed by atoms with Gasteiger partial charge >= 0.3 is 24.0 Å². The molecule has 52 heavy (non-hydrogen) atoms. The van der Waals surface area contributed by atoms with Crippen LogP contribution < -0.4 is 22.5 Å². The molecule has 0 radical (unpaired) electrons. The molecular weight excluding hydrogens is 680 g/mol. The van der Waals surface area contributed by atoms with Gasteiger partial charge in [0.1, 0.15) is 24.8 Å². The van der Waals surface area contributed by atoms with E-state index in [0.717, 1.165) is 22.0 Å². The van der Waals surface area contributed by atoms with Crippen molar-refractivity contribution in [1.29, 1.82) is 0 Å². The molecule has 2 aromatic carbocycles. The van der Waals surface area contributed by atoms with E-state index in [1.807, 2.05) is 36.4 Å². The molecule has 4 aromatic heterocycles. The number of hydrogen-bond donors (Lipinski definition) is 6.